The molecule has 0 aromatic heterocycles. The van der Waals surface area contributed by atoms with Gasteiger partial charge in [0.2, 0.25) is 0 Å². The average molecular weight is 1460 g/mol. The molecule has 11 aromatic carbocycles. The van der Waals surface area contributed by atoms with E-state index in [0.29, 0.717) is 124 Å². The van der Waals surface area contributed by atoms with Crippen LogP contribution < -0.4 is 28.7 Å². The number of amides is 4. The maximum Gasteiger partial charge on any atom is 0.266 e. The molecule has 0 atom stereocenters. The van der Waals surface area contributed by atoms with Crippen molar-refractivity contribution in [3.05, 3.63) is 225 Å². The topological polar surface area (TPSA) is 112 Å². The van der Waals surface area contributed by atoms with Crippen LogP contribution in [0.4, 0.5) is 11.4 Å². The smallest absolute Gasteiger partial charge is 0.266 e. The van der Waals surface area contributed by atoms with E-state index in [9.17, 15) is 0 Å². The molecule has 4 fully saturated rings. The minimum absolute atomic E-state index is 0.224. The van der Waals surface area contributed by atoms with Crippen LogP contribution in [-0.2, 0) is 36.5 Å². The summed E-state index contributed by atoms with van der Waals surface area (Å²) in [6, 6.07) is 55.1. The number of benzene rings is 11. The summed E-state index contributed by atoms with van der Waals surface area (Å²) >= 11 is 0. The van der Waals surface area contributed by atoms with E-state index in [1.54, 1.807) is 0 Å². The fraction of sp³-hybridized carbons (Fsp3) is 0.400. The summed E-state index contributed by atoms with van der Waals surface area (Å²) in [6.45, 7) is 13.6. The molecule has 10 nitrogen and oxygen atoms in total. The third-order valence-electron chi connectivity index (χ3n) is 25.7. The summed E-state index contributed by atoms with van der Waals surface area (Å²) in [5.74, 6) is 3.61. The molecular formula is C100H106N2O8. The summed E-state index contributed by atoms with van der Waals surface area (Å²) in [7, 11) is 0. The van der Waals surface area contributed by atoms with Crippen molar-refractivity contribution < 1.29 is 38.1 Å². The molecule has 0 N–H and O–H groups in total. The highest BCUT2D eigenvalue weighted by atomic mass is 16.5. The predicted octanol–water partition coefficient (Wildman–Crippen LogP) is 27.2. The number of anilines is 2. The van der Waals surface area contributed by atoms with Crippen molar-refractivity contribution in [1.29, 1.82) is 0 Å². The fourth-order valence-electron chi connectivity index (χ4n) is 19.8. The van der Waals surface area contributed by atoms with E-state index in [2.05, 4.69) is 65.8 Å². The molecule has 4 amide bonds. The number of aryl methyl sites for hydroxylation is 4. The molecule has 17 rings (SSSR count). The first-order chi connectivity index (χ1) is 53.5. The number of ether oxygens (including phenoxy) is 4. The van der Waals surface area contributed by atoms with Crippen LogP contribution in [0.5, 0.6) is 46.0 Å². The largest absolute Gasteiger partial charge is 0.457 e. The molecule has 564 valence electrons. The zero-order valence-electron chi connectivity index (χ0n) is 65.4. The average Bonchev–Trinajstić information content (AvgIpc) is 0.669. The maximum absolute atomic E-state index is 17.2. The third kappa shape index (κ3) is 14.4. The number of carbonyl (C=O) groups is 4. The van der Waals surface area contributed by atoms with E-state index in [-0.39, 0.29) is 33.1 Å². The first-order valence-corrected chi connectivity index (χ1v) is 41.9. The van der Waals surface area contributed by atoms with Crippen LogP contribution in [0.1, 0.15) is 270 Å². The van der Waals surface area contributed by atoms with Gasteiger partial charge in [0.15, 0.2) is 0 Å². The molecule has 0 spiro atoms. The van der Waals surface area contributed by atoms with Gasteiger partial charge in [0, 0.05) is 43.1 Å². The van der Waals surface area contributed by atoms with Crippen LogP contribution in [0.2, 0.25) is 0 Å². The molecule has 2 aliphatic heterocycles. The van der Waals surface area contributed by atoms with E-state index in [1.165, 1.54) is 149 Å². The van der Waals surface area contributed by atoms with Gasteiger partial charge in [-0.1, -0.05) is 267 Å². The Morgan fingerprint density at radius 3 is 0.709 bits per heavy atom. The van der Waals surface area contributed by atoms with Crippen LogP contribution in [0.25, 0.3) is 43.1 Å². The lowest BCUT2D eigenvalue weighted by atomic mass is 9.78. The first kappa shape index (κ1) is 73.0. The van der Waals surface area contributed by atoms with Gasteiger partial charge in [-0.3, -0.25) is 19.2 Å². The van der Waals surface area contributed by atoms with Gasteiger partial charge in [-0.15, -0.1) is 0 Å². The highest BCUT2D eigenvalue weighted by Gasteiger charge is 2.45. The molecule has 0 unspecified atom stereocenters. The van der Waals surface area contributed by atoms with E-state index < -0.39 is 23.6 Å². The summed E-state index contributed by atoms with van der Waals surface area (Å²) in [4.78, 5) is 71.8. The monoisotopic (exact) mass is 1460 g/mol. The number of hydrogen-bond donors (Lipinski definition) is 0. The van der Waals surface area contributed by atoms with Crippen molar-refractivity contribution in [1.82, 2.24) is 0 Å². The molecule has 10 heteroatoms. The van der Waals surface area contributed by atoms with Crippen molar-refractivity contribution in [2.75, 3.05) is 9.80 Å². The second kappa shape index (κ2) is 30.8. The van der Waals surface area contributed by atoms with Gasteiger partial charge in [0.05, 0.1) is 33.6 Å². The lowest BCUT2D eigenvalue weighted by Gasteiger charge is -2.35. The van der Waals surface area contributed by atoms with E-state index in [1.807, 2.05) is 146 Å². The van der Waals surface area contributed by atoms with Crippen LogP contribution in [0.15, 0.2) is 170 Å². The molecule has 4 aliphatic carbocycles. The minimum Gasteiger partial charge on any atom is -0.457 e. The molecule has 2 heterocycles. The van der Waals surface area contributed by atoms with Gasteiger partial charge in [0.1, 0.15) is 46.0 Å². The first-order valence-electron chi connectivity index (χ1n) is 41.9. The molecular weight excluding hydrogens is 1360 g/mol. The lowest BCUT2D eigenvalue weighted by molar-refractivity contribution is 0.0877. The Morgan fingerprint density at radius 2 is 0.500 bits per heavy atom. The van der Waals surface area contributed by atoms with Crippen LogP contribution in [-0.4, -0.2) is 23.6 Å². The zero-order chi connectivity index (χ0) is 75.4. The second-order valence-electron chi connectivity index (χ2n) is 35.2. The quantitative estimate of drug-likeness (QED) is 0.0375. The fourth-order valence-corrected chi connectivity index (χ4v) is 19.8. The van der Waals surface area contributed by atoms with E-state index >= 15 is 19.2 Å². The molecule has 4 saturated carbocycles. The van der Waals surface area contributed by atoms with Crippen molar-refractivity contribution in [2.24, 2.45) is 23.7 Å². The number of imide groups is 2. The van der Waals surface area contributed by atoms with Gasteiger partial charge >= 0.3 is 0 Å². The highest BCUT2D eigenvalue weighted by molar-refractivity contribution is 6.48. The molecule has 0 bridgehead atoms. The standard InChI is InChI=1S/C100H106N2O8/c1-99(2,3)71-55-67(51-47-63-31-15-7-16-32-63)93(68(56-71)52-48-64-33-17-8-18-34-64)101-95(103)77-59-81(107-73-39-23-11-24-40-73)87-89-83(109-75-43-27-13-28-44-75)61-79-86-80(62-84(110-76-45-29-14-30-46-76)90(92(86)89)88-82(108-74-41-25-12-26-42-74)60-78(96(101)104)85(77)91(87)88)98(106)102(97(79)105)94-69(53-49-65-35-19-9-20-36-65)57-72(100(4,5)6)58-70(94)54-50-66-37-21-10-22-38-66/h11-14,23-30,39-46,55-66H,7-10,15-22,31-38,47-54H2,1-6H3. The number of fused-ring (bicyclic) bond motifs is 2. The summed E-state index contributed by atoms with van der Waals surface area (Å²) < 4.78 is 29.8. The third-order valence-corrected chi connectivity index (χ3v) is 25.7. The van der Waals surface area contributed by atoms with Gasteiger partial charge in [-0.25, -0.2) is 9.80 Å². The number of carbonyl (C=O) groups excluding carboxylic acids is 4. The van der Waals surface area contributed by atoms with Crippen molar-refractivity contribution >= 4 is 78.1 Å². The number of nitrogens with zero attached hydrogens (tertiary/aromatic N) is 2. The lowest BCUT2D eigenvalue weighted by Crippen LogP contribution is -2.42. The summed E-state index contributed by atoms with van der Waals surface area (Å²) in [5, 5.41) is 3.84. The second-order valence-corrected chi connectivity index (χ2v) is 35.2. The summed E-state index contributed by atoms with van der Waals surface area (Å²) in [5.41, 5.74) is 8.57. The molecule has 11 aromatic rings. The van der Waals surface area contributed by atoms with Crippen molar-refractivity contribution in [3.8, 4) is 46.0 Å². The molecule has 0 saturated heterocycles. The zero-order valence-corrected chi connectivity index (χ0v) is 65.4. The minimum atomic E-state index is -0.448. The Balaban J connectivity index is 0.968. The van der Waals surface area contributed by atoms with Gasteiger partial charge < -0.3 is 18.9 Å². The molecule has 0 radical (unpaired) electrons. The predicted molar refractivity (Wildman–Crippen MR) is 446 cm³/mol. The number of rotatable bonds is 22. The van der Waals surface area contributed by atoms with Crippen molar-refractivity contribution in [2.45, 2.75) is 232 Å². The van der Waals surface area contributed by atoms with E-state index in [0.717, 1.165) is 73.6 Å². The Hall–Kier alpha value is -9.80. The highest BCUT2D eigenvalue weighted by Crippen LogP contribution is 2.59. The maximum atomic E-state index is 17.2. The normalized spacial score (nSPS) is 17.2. The van der Waals surface area contributed by atoms with Crippen LogP contribution in [0.3, 0.4) is 0 Å². The van der Waals surface area contributed by atoms with Crippen molar-refractivity contribution in [3.63, 3.8) is 0 Å². The number of para-hydroxylation sites is 4. The Morgan fingerprint density at radius 1 is 0.282 bits per heavy atom. The van der Waals surface area contributed by atoms with E-state index in [4.69, 9.17) is 18.9 Å². The van der Waals surface area contributed by atoms with Gasteiger partial charge in [0.25, 0.3) is 23.6 Å². The van der Waals surface area contributed by atoms with Crippen LogP contribution in [0, 0.1) is 23.7 Å². The van der Waals surface area contributed by atoms with Gasteiger partial charge in [-0.05, 0) is 192 Å². The Bertz CT molecular complexity index is 4650. The SMILES string of the molecule is CC(C)(C)c1cc(CCC2CCCCC2)c(N2C(=O)c3cc(Oc4ccccc4)c4c5c(Oc6ccccc6)cc6c7c(cc(Oc8ccccc8)c(c8c(Oc9ccccc9)cc(c3c48)C2=O)c75)C(=O)N(c2c(CCC3CCCCC3)cc(C(C)(C)C)cc2CCC2CCCCC2)C6=O)c(CCC2CCCCC2)c1. The summed E-state index contributed by atoms with van der Waals surface area (Å²) in [6.07, 6.45) is 30.8. The Kier molecular flexibility index (Phi) is 20.5. The Labute approximate surface area is 649 Å². The van der Waals surface area contributed by atoms with Gasteiger partial charge in [-0.2, -0.15) is 0 Å². The molecule has 6 aliphatic rings. The van der Waals surface area contributed by atoms with Crippen LogP contribution >= 0.6 is 0 Å². The number of hydrogen-bond acceptors (Lipinski definition) is 8. The molecule has 110 heavy (non-hydrogen) atoms.